The Hall–Kier alpha value is -1.55. The second kappa shape index (κ2) is 6.06. The highest BCUT2D eigenvalue weighted by atomic mass is 16.5. The average molecular weight is 263 g/mol. The SMILES string of the molecule is Cc1ccc(C(=O)N2CCOCC2)c(OC(C)C)c1. The van der Waals surface area contributed by atoms with Gasteiger partial charge in [0.05, 0.1) is 24.9 Å². The molecule has 2 rings (SSSR count). The van der Waals surface area contributed by atoms with Crippen molar-refractivity contribution < 1.29 is 14.3 Å². The first-order valence-corrected chi connectivity index (χ1v) is 6.72. The normalized spacial score (nSPS) is 15.7. The number of nitrogens with zero attached hydrogens (tertiary/aromatic N) is 1. The van der Waals surface area contributed by atoms with E-state index in [0.29, 0.717) is 37.6 Å². The molecule has 1 aromatic carbocycles. The van der Waals surface area contributed by atoms with E-state index < -0.39 is 0 Å². The molecule has 0 bridgehead atoms. The van der Waals surface area contributed by atoms with Crippen LogP contribution < -0.4 is 4.74 Å². The summed E-state index contributed by atoms with van der Waals surface area (Å²) in [5.74, 6) is 0.699. The van der Waals surface area contributed by atoms with Gasteiger partial charge in [0, 0.05) is 13.1 Å². The highest BCUT2D eigenvalue weighted by molar-refractivity contribution is 5.97. The third kappa shape index (κ3) is 3.47. The number of hydrogen-bond acceptors (Lipinski definition) is 3. The number of carbonyl (C=O) groups excluding carboxylic acids is 1. The summed E-state index contributed by atoms with van der Waals surface area (Å²) >= 11 is 0. The summed E-state index contributed by atoms with van der Waals surface area (Å²) in [7, 11) is 0. The van der Waals surface area contributed by atoms with Gasteiger partial charge in [-0.2, -0.15) is 0 Å². The molecule has 19 heavy (non-hydrogen) atoms. The van der Waals surface area contributed by atoms with Crippen molar-refractivity contribution in [1.29, 1.82) is 0 Å². The lowest BCUT2D eigenvalue weighted by molar-refractivity contribution is 0.0299. The fraction of sp³-hybridized carbons (Fsp3) is 0.533. The van der Waals surface area contributed by atoms with E-state index in [1.165, 1.54) is 0 Å². The van der Waals surface area contributed by atoms with Crippen molar-refractivity contribution >= 4 is 5.91 Å². The minimum atomic E-state index is 0.0268. The number of ether oxygens (including phenoxy) is 2. The third-order valence-electron chi connectivity index (χ3n) is 3.03. The molecule has 1 heterocycles. The van der Waals surface area contributed by atoms with Crippen LogP contribution in [0.4, 0.5) is 0 Å². The predicted octanol–water partition coefficient (Wildman–Crippen LogP) is 2.25. The summed E-state index contributed by atoms with van der Waals surface area (Å²) < 4.78 is 11.0. The van der Waals surface area contributed by atoms with Gasteiger partial charge in [-0.05, 0) is 38.5 Å². The molecule has 0 aromatic heterocycles. The van der Waals surface area contributed by atoms with Crippen LogP contribution in [0.2, 0.25) is 0 Å². The Bertz CT molecular complexity index is 451. The lowest BCUT2D eigenvalue weighted by Crippen LogP contribution is -2.40. The van der Waals surface area contributed by atoms with Crippen LogP contribution in [0.3, 0.4) is 0 Å². The molecule has 0 aliphatic carbocycles. The Morgan fingerprint density at radius 2 is 2.00 bits per heavy atom. The van der Waals surface area contributed by atoms with Crippen LogP contribution in [-0.4, -0.2) is 43.2 Å². The lowest BCUT2D eigenvalue weighted by atomic mass is 10.1. The van der Waals surface area contributed by atoms with Gasteiger partial charge >= 0.3 is 0 Å². The Morgan fingerprint density at radius 1 is 1.32 bits per heavy atom. The van der Waals surface area contributed by atoms with Gasteiger partial charge in [0.15, 0.2) is 0 Å². The quantitative estimate of drug-likeness (QED) is 0.839. The van der Waals surface area contributed by atoms with E-state index in [9.17, 15) is 4.79 Å². The fourth-order valence-electron chi connectivity index (χ4n) is 2.09. The van der Waals surface area contributed by atoms with E-state index in [2.05, 4.69) is 0 Å². The second-order valence-corrected chi connectivity index (χ2v) is 5.07. The van der Waals surface area contributed by atoms with E-state index in [1.54, 1.807) is 0 Å². The monoisotopic (exact) mass is 263 g/mol. The fourth-order valence-corrected chi connectivity index (χ4v) is 2.09. The number of benzene rings is 1. The molecular weight excluding hydrogens is 242 g/mol. The number of amides is 1. The Kier molecular flexibility index (Phi) is 4.43. The van der Waals surface area contributed by atoms with Gasteiger partial charge in [-0.15, -0.1) is 0 Å². The first kappa shape index (κ1) is 13.9. The van der Waals surface area contributed by atoms with Crippen molar-refractivity contribution in [2.45, 2.75) is 26.9 Å². The summed E-state index contributed by atoms with van der Waals surface area (Å²) in [5.41, 5.74) is 1.73. The minimum Gasteiger partial charge on any atom is -0.490 e. The van der Waals surface area contributed by atoms with Crippen molar-refractivity contribution in [3.05, 3.63) is 29.3 Å². The van der Waals surface area contributed by atoms with E-state index in [4.69, 9.17) is 9.47 Å². The van der Waals surface area contributed by atoms with Crippen LogP contribution in [0.1, 0.15) is 29.8 Å². The molecule has 1 aliphatic rings. The van der Waals surface area contributed by atoms with E-state index >= 15 is 0 Å². The van der Waals surface area contributed by atoms with Crippen LogP contribution >= 0.6 is 0 Å². The minimum absolute atomic E-state index is 0.0268. The average Bonchev–Trinajstić information content (AvgIpc) is 2.38. The molecule has 0 N–H and O–H groups in total. The maximum Gasteiger partial charge on any atom is 0.257 e. The summed E-state index contributed by atoms with van der Waals surface area (Å²) in [6, 6.07) is 5.72. The molecule has 104 valence electrons. The van der Waals surface area contributed by atoms with Gasteiger partial charge in [0.2, 0.25) is 0 Å². The van der Waals surface area contributed by atoms with Crippen molar-refractivity contribution in [3.8, 4) is 5.75 Å². The molecule has 1 amide bonds. The van der Waals surface area contributed by atoms with E-state index in [-0.39, 0.29) is 12.0 Å². The van der Waals surface area contributed by atoms with Gasteiger partial charge in [-0.1, -0.05) is 6.07 Å². The third-order valence-corrected chi connectivity index (χ3v) is 3.03. The van der Waals surface area contributed by atoms with Gasteiger partial charge in [-0.25, -0.2) is 0 Å². The standard InChI is InChI=1S/C15H21NO3/c1-11(2)19-14-10-12(3)4-5-13(14)15(17)16-6-8-18-9-7-16/h4-5,10-11H,6-9H2,1-3H3. The molecule has 0 atom stereocenters. The highest BCUT2D eigenvalue weighted by Gasteiger charge is 2.22. The van der Waals surface area contributed by atoms with Crippen molar-refractivity contribution in [3.63, 3.8) is 0 Å². The number of morpholine rings is 1. The highest BCUT2D eigenvalue weighted by Crippen LogP contribution is 2.23. The topological polar surface area (TPSA) is 38.8 Å². The predicted molar refractivity (Wildman–Crippen MR) is 73.7 cm³/mol. The lowest BCUT2D eigenvalue weighted by Gasteiger charge is -2.27. The largest absolute Gasteiger partial charge is 0.490 e. The van der Waals surface area contributed by atoms with E-state index in [0.717, 1.165) is 5.56 Å². The van der Waals surface area contributed by atoms with Gasteiger partial charge in [0.1, 0.15) is 5.75 Å². The molecule has 4 nitrogen and oxygen atoms in total. The first-order chi connectivity index (χ1) is 9.08. The Labute approximate surface area is 114 Å². The van der Waals surface area contributed by atoms with Crippen molar-refractivity contribution in [2.75, 3.05) is 26.3 Å². The maximum atomic E-state index is 12.5. The summed E-state index contributed by atoms with van der Waals surface area (Å²) in [5, 5.41) is 0. The maximum absolute atomic E-state index is 12.5. The van der Waals surface area contributed by atoms with Crippen LogP contribution in [-0.2, 0) is 4.74 Å². The number of aryl methyl sites for hydroxylation is 1. The Morgan fingerprint density at radius 3 is 2.63 bits per heavy atom. The molecule has 1 saturated heterocycles. The molecule has 0 radical (unpaired) electrons. The Balaban J connectivity index is 2.24. The summed E-state index contributed by atoms with van der Waals surface area (Å²) in [6.07, 6.45) is 0.0537. The molecule has 0 spiro atoms. The molecule has 1 fully saturated rings. The zero-order valence-electron chi connectivity index (χ0n) is 11.8. The van der Waals surface area contributed by atoms with Crippen LogP contribution in [0.25, 0.3) is 0 Å². The van der Waals surface area contributed by atoms with Gasteiger partial charge in [-0.3, -0.25) is 4.79 Å². The molecular formula is C15H21NO3. The summed E-state index contributed by atoms with van der Waals surface area (Å²) in [4.78, 5) is 14.3. The van der Waals surface area contributed by atoms with Crippen LogP contribution in [0.15, 0.2) is 18.2 Å². The van der Waals surface area contributed by atoms with E-state index in [1.807, 2.05) is 43.9 Å². The molecule has 1 aromatic rings. The summed E-state index contributed by atoms with van der Waals surface area (Å²) in [6.45, 7) is 8.43. The van der Waals surface area contributed by atoms with Crippen LogP contribution in [0, 0.1) is 6.92 Å². The smallest absolute Gasteiger partial charge is 0.257 e. The number of rotatable bonds is 3. The molecule has 0 saturated carbocycles. The zero-order valence-corrected chi connectivity index (χ0v) is 11.8. The first-order valence-electron chi connectivity index (χ1n) is 6.72. The van der Waals surface area contributed by atoms with Crippen molar-refractivity contribution in [2.24, 2.45) is 0 Å². The molecule has 1 aliphatic heterocycles. The second-order valence-electron chi connectivity index (χ2n) is 5.07. The zero-order chi connectivity index (χ0) is 13.8. The van der Waals surface area contributed by atoms with Crippen LogP contribution in [0.5, 0.6) is 5.75 Å². The van der Waals surface area contributed by atoms with Gasteiger partial charge in [0.25, 0.3) is 5.91 Å². The molecule has 0 unspecified atom stereocenters. The van der Waals surface area contributed by atoms with Crippen molar-refractivity contribution in [1.82, 2.24) is 4.90 Å². The number of carbonyl (C=O) groups is 1. The molecule has 4 heteroatoms. The van der Waals surface area contributed by atoms with Gasteiger partial charge < -0.3 is 14.4 Å². The number of hydrogen-bond donors (Lipinski definition) is 0.